The molecule has 0 saturated heterocycles. The molecule has 5 rings (SSSR count). The Morgan fingerprint density at radius 2 is 1.73 bits per heavy atom. The predicted octanol–water partition coefficient (Wildman–Crippen LogP) is 4.79. The lowest BCUT2D eigenvalue weighted by Crippen LogP contribution is -2.54. The zero-order valence-corrected chi connectivity index (χ0v) is 19.5. The van der Waals surface area contributed by atoms with E-state index in [4.69, 9.17) is 0 Å². The molecule has 1 aromatic rings. The van der Waals surface area contributed by atoms with Crippen LogP contribution < -0.4 is 0 Å². The van der Waals surface area contributed by atoms with Gasteiger partial charge in [-0.15, -0.1) is 0 Å². The van der Waals surface area contributed by atoms with Crippen molar-refractivity contribution in [3.63, 3.8) is 0 Å². The summed E-state index contributed by atoms with van der Waals surface area (Å²) in [7, 11) is 2.00. The van der Waals surface area contributed by atoms with Gasteiger partial charge in [0.2, 0.25) is 0 Å². The van der Waals surface area contributed by atoms with Crippen LogP contribution >= 0.6 is 0 Å². The van der Waals surface area contributed by atoms with Gasteiger partial charge in [-0.2, -0.15) is 5.10 Å². The van der Waals surface area contributed by atoms with Crippen molar-refractivity contribution >= 4 is 6.08 Å². The van der Waals surface area contributed by atoms with Crippen LogP contribution in [-0.4, -0.2) is 32.2 Å². The fraction of sp³-hybridized carbons (Fsp3) is 0.808. The standard InChI is InChI=1S/C26H40N2O2/c1-15-21(16(2)28(5)27-15)12-17-13-23-20-7-6-18-14-19(29)8-10-25(18,3)22(20)9-11-26(23,4)24(17)30/h12,18-20,22-24,29-30H,6-11,13-14H2,1-5H3/b17-12-/t18-,19-,20-,22+,23+,24-,25+,26+/m1/s1. The van der Waals surface area contributed by atoms with Crippen LogP contribution in [0.1, 0.15) is 82.2 Å². The SMILES string of the molecule is Cc1nn(C)c(C)c1/C=C1/C[C@H]2[C@@H]3CC[C@@H]4C[C@H](O)CC[C@]4(C)[C@H]3CC[C@]2(C)[C@@H]1O. The molecular weight excluding hydrogens is 372 g/mol. The minimum absolute atomic E-state index is 0.00833. The van der Waals surface area contributed by atoms with E-state index in [1.807, 2.05) is 11.7 Å². The van der Waals surface area contributed by atoms with Gasteiger partial charge in [-0.1, -0.05) is 13.8 Å². The Morgan fingerprint density at radius 1 is 1.00 bits per heavy atom. The van der Waals surface area contributed by atoms with Gasteiger partial charge in [0.25, 0.3) is 0 Å². The molecule has 0 amide bonds. The maximum absolute atomic E-state index is 11.5. The van der Waals surface area contributed by atoms with E-state index in [9.17, 15) is 10.2 Å². The molecule has 4 heteroatoms. The molecule has 0 spiro atoms. The van der Waals surface area contributed by atoms with Gasteiger partial charge >= 0.3 is 0 Å². The molecule has 4 fully saturated rings. The zero-order chi connectivity index (χ0) is 21.4. The van der Waals surface area contributed by atoms with Crippen LogP contribution in [0.25, 0.3) is 6.08 Å². The average molecular weight is 413 g/mol. The summed E-state index contributed by atoms with van der Waals surface area (Å²) >= 11 is 0. The van der Waals surface area contributed by atoms with Crippen molar-refractivity contribution in [2.24, 2.45) is 41.5 Å². The highest BCUT2D eigenvalue weighted by Crippen LogP contribution is 2.67. The first kappa shape index (κ1) is 20.8. The van der Waals surface area contributed by atoms with Crippen LogP contribution in [0.3, 0.4) is 0 Å². The van der Waals surface area contributed by atoms with Gasteiger partial charge < -0.3 is 10.2 Å². The molecule has 0 radical (unpaired) electrons. The van der Waals surface area contributed by atoms with Crippen LogP contribution in [0, 0.1) is 48.3 Å². The number of hydrogen-bond donors (Lipinski definition) is 2. The minimum atomic E-state index is -0.332. The van der Waals surface area contributed by atoms with E-state index in [2.05, 4.69) is 38.9 Å². The van der Waals surface area contributed by atoms with Gasteiger partial charge in [-0.3, -0.25) is 4.68 Å². The smallest absolute Gasteiger partial charge is 0.0809 e. The number of rotatable bonds is 1. The van der Waals surface area contributed by atoms with Crippen molar-refractivity contribution in [1.29, 1.82) is 0 Å². The van der Waals surface area contributed by atoms with Crippen LogP contribution in [0.4, 0.5) is 0 Å². The predicted molar refractivity (Wildman–Crippen MR) is 120 cm³/mol. The molecule has 0 bridgehead atoms. The molecule has 0 aliphatic heterocycles. The van der Waals surface area contributed by atoms with Gasteiger partial charge in [0.1, 0.15) is 0 Å². The normalized spacial score (nSPS) is 47.1. The fourth-order valence-electron chi connectivity index (χ4n) is 8.42. The Hall–Kier alpha value is -1.13. The zero-order valence-electron chi connectivity index (χ0n) is 19.5. The summed E-state index contributed by atoms with van der Waals surface area (Å²) in [5.74, 6) is 2.75. The number of hydrogen-bond acceptors (Lipinski definition) is 3. The molecular formula is C26H40N2O2. The third-order valence-corrected chi connectivity index (χ3v) is 10.4. The Balaban J connectivity index is 1.46. The van der Waals surface area contributed by atoms with Crippen LogP contribution in [0.5, 0.6) is 0 Å². The summed E-state index contributed by atoms with van der Waals surface area (Å²) in [5, 5.41) is 26.3. The van der Waals surface area contributed by atoms with Gasteiger partial charge in [0.15, 0.2) is 0 Å². The molecule has 30 heavy (non-hydrogen) atoms. The quantitative estimate of drug-likeness (QED) is 0.697. The van der Waals surface area contributed by atoms with Gasteiger partial charge in [-0.05, 0) is 106 Å². The first-order chi connectivity index (χ1) is 14.1. The van der Waals surface area contributed by atoms with Crippen LogP contribution in [0.15, 0.2) is 5.57 Å². The van der Waals surface area contributed by atoms with Crippen LogP contribution in [-0.2, 0) is 7.05 Å². The second-order valence-corrected chi connectivity index (χ2v) is 11.7. The van der Waals surface area contributed by atoms with Gasteiger partial charge in [0.05, 0.1) is 17.9 Å². The molecule has 8 atom stereocenters. The first-order valence-electron chi connectivity index (χ1n) is 12.2. The number of fused-ring (bicyclic) bond motifs is 5. The molecule has 4 aliphatic rings. The maximum Gasteiger partial charge on any atom is 0.0809 e. The summed E-state index contributed by atoms with van der Waals surface area (Å²) < 4.78 is 1.95. The Labute approximate surface area is 181 Å². The maximum atomic E-state index is 11.5. The van der Waals surface area contributed by atoms with Gasteiger partial charge in [-0.25, -0.2) is 0 Å². The number of aliphatic hydroxyl groups is 2. The second-order valence-electron chi connectivity index (χ2n) is 11.7. The van der Waals surface area contributed by atoms with Crippen molar-refractivity contribution in [1.82, 2.24) is 9.78 Å². The summed E-state index contributed by atoms with van der Waals surface area (Å²) in [6, 6.07) is 0. The largest absolute Gasteiger partial charge is 0.393 e. The minimum Gasteiger partial charge on any atom is -0.393 e. The summed E-state index contributed by atoms with van der Waals surface area (Å²) in [4.78, 5) is 0. The Bertz CT molecular complexity index is 873. The van der Waals surface area contributed by atoms with E-state index in [1.165, 1.54) is 42.5 Å². The molecule has 166 valence electrons. The lowest BCUT2D eigenvalue weighted by Gasteiger charge is -2.60. The molecule has 2 N–H and O–H groups in total. The van der Waals surface area contributed by atoms with Crippen molar-refractivity contribution in [2.45, 2.75) is 91.3 Å². The highest BCUT2D eigenvalue weighted by Gasteiger charge is 2.61. The highest BCUT2D eigenvalue weighted by molar-refractivity contribution is 5.59. The summed E-state index contributed by atoms with van der Waals surface area (Å²) in [6.07, 6.45) is 11.0. The summed E-state index contributed by atoms with van der Waals surface area (Å²) in [5.41, 5.74) is 5.06. The van der Waals surface area contributed by atoms with E-state index in [0.29, 0.717) is 17.3 Å². The lowest BCUT2D eigenvalue weighted by molar-refractivity contribution is -0.133. The van der Waals surface area contributed by atoms with E-state index in [-0.39, 0.29) is 17.6 Å². The Morgan fingerprint density at radius 3 is 2.43 bits per heavy atom. The molecule has 1 aromatic heterocycles. The molecule has 0 unspecified atom stereocenters. The van der Waals surface area contributed by atoms with E-state index in [1.54, 1.807) is 0 Å². The van der Waals surface area contributed by atoms with E-state index in [0.717, 1.165) is 43.2 Å². The molecule has 0 aromatic carbocycles. The number of aromatic nitrogens is 2. The Kier molecular flexibility index (Phi) is 4.80. The first-order valence-corrected chi connectivity index (χ1v) is 12.2. The van der Waals surface area contributed by atoms with E-state index >= 15 is 0 Å². The van der Waals surface area contributed by atoms with Crippen molar-refractivity contribution in [2.75, 3.05) is 0 Å². The topological polar surface area (TPSA) is 58.3 Å². The fourth-order valence-corrected chi connectivity index (χ4v) is 8.42. The number of aryl methyl sites for hydroxylation is 2. The third-order valence-electron chi connectivity index (χ3n) is 10.4. The molecule has 4 saturated carbocycles. The molecule has 4 nitrogen and oxygen atoms in total. The van der Waals surface area contributed by atoms with Crippen LogP contribution in [0.2, 0.25) is 0 Å². The van der Waals surface area contributed by atoms with Crippen molar-refractivity contribution in [3.8, 4) is 0 Å². The van der Waals surface area contributed by atoms with Gasteiger partial charge in [0, 0.05) is 23.7 Å². The lowest BCUT2D eigenvalue weighted by atomic mass is 9.45. The molecule has 1 heterocycles. The van der Waals surface area contributed by atoms with E-state index < -0.39 is 0 Å². The molecule has 4 aliphatic carbocycles. The van der Waals surface area contributed by atoms with Crippen molar-refractivity contribution in [3.05, 3.63) is 22.5 Å². The number of nitrogens with zero attached hydrogens (tertiary/aromatic N) is 2. The van der Waals surface area contributed by atoms with Crippen molar-refractivity contribution < 1.29 is 10.2 Å². The third kappa shape index (κ3) is 2.82. The second kappa shape index (κ2) is 6.93. The highest BCUT2D eigenvalue weighted by atomic mass is 16.3. The number of aliphatic hydroxyl groups excluding tert-OH is 2. The average Bonchev–Trinajstić information content (AvgIpc) is 3.10. The summed E-state index contributed by atoms with van der Waals surface area (Å²) in [6.45, 7) is 9.10. The monoisotopic (exact) mass is 412 g/mol.